The molecule has 0 aliphatic rings. The first-order valence-corrected chi connectivity index (χ1v) is 9.62. The lowest BCUT2D eigenvalue weighted by atomic mass is 10.1. The lowest BCUT2D eigenvalue weighted by Gasteiger charge is -2.11. The highest BCUT2D eigenvalue weighted by atomic mass is 16.2. The van der Waals surface area contributed by atoms with E-state index in [1.165, 1.54) is 6.08 Å². The van der Waals surface area contributed by atoms with E-state index < -0.39 is 0 Å². The molecule has 0 fully saturated rings. The summed E-state index contributed by atoms with van der Waals surface area (Å²) in [7, 11) is 0. The maximum atomic E-state index is 12.1. The fraction of sp³-hybridized carbons (Fsp3) is 0.217. The molecule has 2 N–H and O–H groups in total. The molecule has 0 aliphatic heterocycles. The number of amides is 2. The van der Waals surface area contributed by atoms with Gasteiger partial charge in [-0.2, -0.15) is 0 Å². The number of carbonyl (C=O) groups is 2. The van der Waals surface area contributed by atoms with Crippen LogP contribution in [0.15, 0.2) is 60.8 Å². The Morgan fingerprint density at radius 2 is 1.90 bits per heavy atom. The van der Waals surface area contributed by atoms with Crippen LogP contribution in [0.25, 0.3) is 17.1 Å². The van der Waals surface area contributed by atoms with Crippen LogP contribution in [0, 0.1) is 5.92 Å². The molecule has 0 saturated carbocycles. The second-order valence-corrected chi connectivity index (χ2v) is 6.83. The van der Waals surface area contributed by atoms with Crippen LogP contribution in [0.5, 0.6) is 0 Å². The van der Waals surface area contributed by atoms with Gasteiger partial charge in [0.05, 0.1) is 22.9 Å². The fourth-order valence-electron chi connectivity index (χ4n) is 2.67. The van der Waals surface area contributed by atoms with Gasteiger partial charge in [0.1, 0.15) is 0 Å². The van der Waals surface area contributed by atoms with Gasteiger partial charge in [0.15, 0.2) is 0 Å². The van der Waals surface area contributed by atoms with Crippen LogP contribution in [0.1, 0.15) is 31.5 Å². The molecule has 0 saturated heterocycles. The molecule has 148 valence electrons. The molecule has 29 heavy (non-hydrogen) atoms. The Hall–Kier alpha value is -3.54. The average Bonchev–Trinajstić information content (AvgIpc) is 2.75. The number of fused-ring (bicyclic) bond motifs is 1. The third-order valence-corrected chi connectivity index (χ3v) is 4.59. The SMILES string of the molecule is CCC(C)C(=O)Nc1cccc(CNC(=O)/C=C/c2cnc3ccccc3n2)c1. The smallest absolute Gasteiger partial charge is 0.244 e. The third kappa shape index (κ3) is 5.72. The van der Waals surface area contributed by atoms with E-state index in [0.29, 0.717) is 12.2 Å². The molecule has 0 radical (unpaired) electrons. The molecule has 6 heteroatoms. The zero-order valence-corrected chi connectivity index (χ0v) is 16.6. The van der Waals surface area contributed by atoms with Crippen molar-refractivity contribution in [3.05, 3.63) is 72.1 Å². The van der Waals surface area contributed by atoms with Crippen molar-refractivity contribution >= 4 is 34.6 Å². The molecule has 1 atom stereocenters. The maximum absolute atomic E-state index is 12.1. The molecule has 0 bridgehead atoms. The van der Waals surface area contributed by atoms with Crippen molar-refractivity contribution < 1.29 is 9.59 Å². The molecule has 0 spiro atoms. The quantitative estimate of drug-likeness (QED) is 0.601. The molecule has 1 aromatic heterocycles. The Morgan fingerprint density at radius 1 is 1.10 bits per heavy atom. The summed E-state index contributed by atoms with van der Waals surface area (Å²) in [6.07, 6.45) is 5.50. The lowest BCUT2D eigenvalue weighted by Crippen LogP contribution is -2.21. The number of aromatic nitrogens is 2. The van der Waals surface area contributed by atoms with Gasteiger partial charge in [-0.15, -0.1) is 0 Å². The normalized spacial score (nSPS) is 12.1. The standard InChI is InChI=1S/C23H24N4O2/c1-3-16(2)23(29)27-18-8-6-7-17(13-18)14-25-22(28)12-11-19-15-24-20-9-4-5-10-21(20)26-19/h4-13,15-16H,3,14H2,1-2H3,(H,25,28)(H,27,29)/b12-11+. The fourth-order valence-corrected chi connectivity index (χ4v) is 2.67. The first kappa shape index (κ1) is 20.2. The Labute approximate surface area is 170 Å². The maximum Gasteiger partial charge on any atom is 0.244 e. The van der Waals surface area contributed by atoms with Crippen LogP contribution in [0.2, 0.25) is 0 Å². The van der Waals surface area contributed by atoms with Crippen molar-refractivity contribution in [1.82, 2.24) is 15.3 Å². The molecule has 2 aromatic carbocycles. The molecule has 6 nitrogen and oxygen atoms in total. The van der Waals surface area contributed by atoms with Gasteiger partial charge in [0, 0.05) is 24.2 Å². The van der Waals surface area contributed by atoms with E-state index in [1.807, 2.05) is 62.4 Å². The van der Waals surface area contributed by atoms with Crippen molar-refractivity contribution in [3.8, 4) is 0 Å². The van der Waals surface area contributed by atoms with Gasteiger partial charge in [-0.3, -0.25) is 14.6 Å². The molecule has 3 rings (SSSR count). The number of hydrogen-bond donors (Lipinski definition) is 2. The zero-order valence-electron chi connectivity index (χ0n) is 16.6. The highest BCUT2D eigenvalue weighted by Crippen LogP contribution is 2.13. The summed E-state index contributed by atoms with van der Waals surface area (Å²) in [5.74, 6) is -0.274. The van der Waals surface area contributed by atoms with Crippen molar-refractivity contribution in [2.75, 3.05) is 5.32 Å². The summed E-state index contributed by atoms with van der Waals surface area (Å²) in [6, 6.07) is 15.0. The summed E-state index contributed by atoms with van der Waals surface area (Å²) >= 11 is 0. The summed E-state index contributed by atoms with van der Waals surface area (Å²) in [6.45, 7) is 4.23. The monoisotopic (exact) mass is 388 g/mol. The van der Waals surface area contributed by atoms with Crippen LogP contribution < -0.4 is 10.6 Å². The Kier molecular flexibility index (Phi) is 6.68. The number of carbonyl (C=O) groups excluding carboxylic acids is 2. The largest absolute Gasteiger partial charge is 0.348 e. The van der Waals surface area contributed by atoms with E-state index in [-0.39, 0.29) is 17.7 Å². The van der Waals surface area contributed by atoms with Crippen molar-refractivity contribution in [3.63, 3.8) is 0 Å². The topological polar surface area (TPSA) is 84.0 Å². The molecule has 3 aromatic rings. The number of benzene rings is 2. The Balaban J connectivity index is 1.56. The van der Waals surface area contributed by atoms with E-state index in [4.69, 9.17) is 0 Å². The summed E-state index contributed by atoms with van der Waals surface area (Å²) in [5, 5.41) is 5.74. The van der Waals surface area contributed by atoms with Crippen LogP contribution in [-0.4, -0.2) is 21.8 Å². The van der Waals surface area contributed by atoms with Crippen LogP contribution in [0.3, 0.4) is 0 Å². The molecule has 0 aliphatic carbocycles. The van der Waals surface area contributed by atoms with Gasteiger partial charge in [0.25, 0.3) is 0 Å². The van der Waals surface area contributed by atoms with Crippen LogP contribution in [0.4, 0.5) is 5.69 Å². The number of nitrogens with zero attached hydrogens (tertiary/aromatic N) is 2. The lowest BCUT2D eigenvalue weighted by molar-refractivity contribution is -0.119. The molecular weight excluding hydrogens is 364 g/mol. The molecule has 1 heterocycles. The van der Waals surface area contributed by atoms with E-state index in [9.17, 15) is 9.59 Å². The van der Waals surface area contributed by atoms with E-state index in [2.05, 4.69) is 20.6 Å². The molecule has 2 amide bonds. The number of anilines is 1. The van der Waals surface area contributed by atoms with Crippen molar-refractivity contribution in [2.45, 2.75) is 26.8 Å². The minimum atomic E-state index is -0.228. The van der Waals surface area contributed by atoms with E-state index in [1.54, 1.807) is 12.3 Å². The predicted molar refractivity (Wildman–Crippen MR) is 115 cm³/mol. The van der Waals surface area contributed by atoms with Gasteiger partial charge < -0.3 is 10.6 Å². The average molecular weight is 388 g/mol. The first-order valence-electron chi connectivity index (χ1n) is 9.62. The summed E-state index contributed by atoms with van der Waals surface area (Å²) in [4.78, 5) is 32.9. The second kappa shape index (κ2) is 9.59. The van der Waals surface area contributed by atoms with Crippen molar-refractivity contribution in [2.24, 2.45) is 5.92 Å². The minimum absolute atomic E-state index is 0.00638. The van der Waals surface area contributed by atoms with Gasteiger partial charge in [-0.05, 0) is 42.3 Å². The highest BCUT2D eigenvalue weighted by molar-refractivity contribution is 5.93. The van der Waals surface area contributed by atoms with Crippen molar-refractivity contribution in [1.29, 1.82) is 0 Å². The van der Waals surface area contributed by atoms with Gasteiger partial charge in [-0.25, -0.2) is 4.98 Å². The molecular formula is C23H24N4O2. The predicted octanol–water partition coefficient (Wildman–Crippen LogP) is 3.94. The Morgan fingerprint density at radius 3 is 2.69 bits per heavy atom. The van der Waals surface area contributed by atoms with Crippen LogP contribution >= 0.6 is 0 Å². The highest BCUT2D eigenvalue weighted by Gasteiger charge is 2.10. The molecule has 1 unspecified atom stereocenters. The minimum Gasteiger partial charge on any atom is -0.348 e. The Bertz CT molecular complexity index is 1050. The van der Waals surface area contributed by atoms with Gasteiger partial charge in [-0.1, -0.05) is 38.1 Å². The summed E-state index contributed by atoms with van der Waals surface area (Å²) < 4.78 is 0. The number of para-hydroxylation sites is 2. The van der Waals surface area contributed by atoms with Gasteiger partial charge in [0.2, 0.25) is 11.8 Å². The first-order chi connectivity index (χ1) is 14.0. The van der Waals surface area contributed by atoms with E-state index in [0.717, 1.165) is 28.7 Å². The van der Waals surface area contributed by atoms with E-state index >= 15 is 0 Å². The zero-order chi connectivity index (χ0) is 20.6. The van der Waals surface area contributed by atoms with Gasteiger partial charge >= 0.3 is 0 Å². The third-order valence-electron chi connectivity index (χ3n) is 4.59. The number of hydrogen-bond acceptors (Lipinski definition) is 4. The van der Waals surface area contributed by atoms with Crippen LogP contribution in [-0.2, 0) is 16.1 Å². The number of nitrogens with one attached hydrogen (secondary N) is 2. The number of rotatable bonds is 7. The summed E-state index contributed by atoms with van der Waals surface area (Å²) in [5.41, 5.74) is 3.84. The second-order valence-electron chi connectivity index (χ2n) is 6.83.